The number of nitrogens with zero attached hydrogens (tertiary/aromatic N) is 2. The van der Waals surface area contributed by atoms with Crippen LogP contribution < -0.4 is 0 Å². The average molecular weight is 136 g/mol. The third-order valence-electron chi connectivity index (χ3n) is 2.25. The zero-order chi connectivity index (χ0) is 7.14. The van der Waals surface area contributed by atoms with Crippen molar-refractivity contribution in [2.75, 3.05) is 20.1 Å². The summed E-state index contributed by atoms with van der Waals surface area (Å²) < 4.78 is 0. The predicted molar refractivity (Wildman–Crippen MR) is 42.5 cm³/mol. The second-order valence-corrected chi connectivity index (χ2v) is 3.18. The van der Waals surface area contributed by atoms with E-state index in [2.05, 4.69) is 23.9 Å². The number of rotatable bonds is 0. The lowest BCUT2D eigenvalue weighted by atomic mass is 10.1. The Morgan fingerprint density at radius 1 is 1.60 bits per heavy atom. The minimum atomic E-state index is 0.458. The van der Waals surface area contributed by atoms with Gasteiger partial charge in [0.2, 0.25) is 0 Å². The molecule has 0 N–H and O–H groups in total. The second kappa shape index (κ2) is 1.92. The topological polar surface area (TPSA) is 15.6 Å². The van der Waals surface area contributed by atoms with Crippen LogP contribution in [0.25, 0.3) is 0 Å². The van der Waals surface area contributed by atoms with Crippen LogP contribution in [-0.4, -0.2) is 37.3 Å². The molecular weight excluding hydrogens is 124 g/mol. The lowest BCUT2D eigenvalue weighted by Crippen LogP contribution is -2.17. The Kier molecular flexibility index (Phi) is 1.17. The highest BCUT2D eigenvalue weighted by Crippen LogP contribution is 2.23. The molecule has 0 aliphatic carbocycles. The molecule has 0 saturated carbocycles. The summed E-state index contributed by atoms with van der Waals surface area (Å²) in [6.45, 7) is 4.39. The van der Waals surface area contributed by atoms with Gasteiger partial charge in [0.05, 0.1) is 6.04 Å². The molecule has 2 aliphatic rings. The van der Waals surface area contributed by atoms with Gasteiger partial charge in [-0.1, -0.05) is 0 Å². The Hall–Kier alpha value is -0.630. The molecule has 2 aliphatic heterocycles. The van der Waals surface area contributed by atoms with Gasteiger partial charge < -0.3 is 0 Å². The van der Waals surface area contributed by atoms with Crippen molar-refractivity contribution in [3.05, 3.63) is 11.1 Å². The van der Waals surface area contributed by atoms with Crippen molar-refractivity contribution in [3.63, 3.8) is 0 Å². The number of hydrogen-bond acceptors (Lipinski definition) is 2. The Morgan fingerprint density at radius 3 is 3.10 bits per heavy atom. The lowest BCUT2D eigenvalue weighted by molar-refractivity contribution is 0.421. The average Bonchev–Trinajstić information content (AvgIpc) is 2.35. The first kappa shape index (κ1) is 6.10. The van der Waals surface area contributed by atoms with Crippen LogP contribution in [0.3, 0.4) is 0 Å². The maximum Gasteiger partial charge on any atom is 0.0700 e. The van der Waals surface area contributed by atoms with Gasteiger partial charge in [0.15, 0.2) is 0 Å². The minimum absolute atomic E-state index is 0.458. The second-order valence-electron chi connectivity index (χ2n) is 3.18. The summed E-state index contributed by atoms with van der Waals surface area (Å²) in [5, 5.41) is 0. The first-order chi connectivity index (χ1) is 4.77. The standard InChI is InChI=1S/C8H12N2/c1-6-8-5-10(2)4-7(8)3-9-6/h3,6H,4-5H2,1-2H3. The van der Waals surface area contributed by atoms with E-state index in [1.165, 1.54) is 11.1 Å². The molecule has 0 amide bonds. The van der Waals surface area contributed by atoms with Crippen molar-refractivity contribution in [2.45, 2.75) is 13.0 Å². The van der Waals surface area contributed by atoms with Gasteiger partial charge in [-0.3, -0.25) is 9.89 Å². The van der Waals surface area contributed by atoms with E-state index in [4.69, 9.17) is 0 Å². The Bertz CT molecular complexity index is 215. The molecular formula is C8H12N2. The number of aliphatic imine (C=N–C) groups is 1. The molecule has 0 aromatic heterocycles. The predicted octanol–water partition coefficient (Wildman–Crippen LogP) is 0.701. The first-order valence-corrected chi connectivity index (χ1v) is 3.71. The normalized spacial score (nSPS) is 32.0. The van der Waals surface area contributed by atoms with Crippen LogP contribution in [0.5, 0.6) is 0 Å². The highest BCUT2D eigenvalue weighted by molar-refractivity contribution is 5.84. The van der Waals surface area contributed by atoms with Crippen LogP contribution in [0.15, 0.2) is 16.1 Å². The van der Waals surface area contributed by atoms with E-state index in [1.807, 2.05) is 6.21 Å². The Balaban J connectivity index is 2.25. The van der Waals surface area contributed by atoms with Crippen molar-refractivity contribution in [1.82, 2.24) is 4.90 Å². The molecule has 2 heterocycles. The smallest absolute Gasteiger partial charge is 0.0700 e. The fraction of sp³-hybridized carbons (Fsp3) is 0.625. The van der Waals surface area contributed by atoms with Gasteiger partial charge in [-0.2, -0.15) is 0 Å². The van der Waals surface area contributed by atoms with E-state index in [-0.39, 0.29) is 0 Å². The molecule has 1 atom stereocenters. The summed E-state index contributed by atoms with van der Waals surface area (Å²) in [4.78, 5) is 6.66. The molecule has 0 aromatic carbocycles. The van der Waals surface area contributed by atoms with Crippen molar-refractivity contribution < 1.29 is 0 Å². The van der Waals surface area contributed by atoms with Gasteiger partial charge in [-0.15, -0.1) is 0 Å². The number of likely N-dealkylation sites (N-methyl/N-ethyl adjacent to an activating group) is 1. The Labute approximate surface area is 61.2 Å². The minimum Gasteiger partial charge on any atom is -0.298 e. The quantitative estimate of drug-likeness (QED) is 0.478. The van der Waals surface area contributed by atoms with Crippen LogP contribution in [0.4, 0.5) is 0 Å². The number of hydrogen-bond donors (Lipinski definition) is 0. The van der Waals surface area contributed by atoms with E-state index < -0.39 is 0 Å². The lowest BCUT2D eigenvalue weighted by Gasteiger charge is -2.09. The summed E-state index contributed by atoms with van der Waals surface area (Å²) in [7, 11) is 2.15. The molecule has 2 heteroatoms. The van der Waals surface area contributed by atoms with Crippen LogP contribution in [0, 0.1) is 0 Å². The molecule has 0 bridgehead atoms. The summed E-state index contributed by atoms with van der Waals surface area (Å²) >= 11 is 0. The van der Waals surface area contributed by atoms with Crippen molar-refractivity contribution >= 4 is 6.21 Å². The molecule has 0 saturated heterocycles. The van der Waals surface area contributed by atoms with E-state index in [9.17, 15) is 0 Å². The van der Waals surface area contributed by atoms with Gasteiger partial charge in [-0.25, -0.2) is 0 Å². The van der Waals surface area contributed by atoms with E-state index in [0.717, 1.165) is 13.1 Å². The van der Waals surface area contributed by atoms with Crippen LogP contribution in [0.1, 0.15) is 6.92 Å². The SMILES string of the molecule is CC1N=CC2=C1CN(C)C2. The molecule has 0 fully saturated rings. The molecule has 0 spiro atoms. The molecule has 0 radical (unpaired) electrons. The van der Waals surface area contributed by atoms with Crippen molar-refractivity contribution in [3.8, 4) is 0 Å². The van der Waals surface area contributed by atoms with Gasteiger partial charge in [0.1, 0.15) is 0 Å². The molecule has 2 rings (SSSR count). The molecule has 2 nitrogen and oxygen atoms in total. The van der Waals surface area contributed by atoms with E-state index in [1.54, 1.807) is 0 Å². The van der Waals surface area contributed by atoms with Crippen molar-refractivity contribution in [2.24, 2.45) is 4.99 Å². The fourth-order valence-electron chi connectivity index (χ4n) is 1.66. The molecule has 0 aromatic rings. The summed E-state index contributed by atoms with van der Waals surface area (Å²) in [5.41, 5.74) is 2.98. The summed E-state index contributed by atoms with van der Waals surface area (Å²) in [5.74, 6) is 0. The third-order valence-corrected chi connectivity index (χ3v) is 2.25. The van der Waals surface area contributed by atoms with Crippen molar-refractivity contribution in [1.29, 1.82) is 0 Å². The Morgan fingerprint density at radius 2 is 2.40 bits per heavy atom. The van der Waals surface area contributed by atoms with Gasteiger partial charge in [-0.05, 0) is 25.1 Å². The van der Waals surface area contributed by atoms with Crippen LogP contribution in [-0.2, 0) is 0 Å². The molecule has 10 heavy (non-hydrogen) atoms. The molecule has 1 unspecified atom stereocenters. The fourth-order valence-corrected chi connectivity index (χ4v) is 1.66. The van der Waals surface area contributed by atoms with Gasteiger partial charge in [0.25, 0.3) is 0 Å². The highest BCUT2D eigenvalue weighted by atomic mass is 15.1. The zero-order valence-corrected chi connectivity index (χ0v) is 6.46. The first-order valence-electron chi connectivity index (χ1n) is 3.71. The van der Waals surface area contributed by atoms with Gasteiger partial charge in [0, 0.05) is 19.3 Å². The maximum atomic E-state index is 4.33. The van der Waals surface area contributed by atoms with Gasteiger partial charge >= 0.3 is 0 Å². The van der Waals surface area contributed by atoms with Crippen LogP contribution >= 0.6 is 0 Å². The third kappa shape index (κ3) is 0.721. The monoisotopic (exact) mass is 136 g/mol. The molecule has 54 valence electrons. The van der Waals surface area contributed by atoms with E-state index >= 15 is 0 Å². The summed E-state index contributed by atoms with van der Waals surface area (Å²) in [6.07, 6.45) is 2.03. The van der Waals surface area contributed by atoms with Crippen LogP contribution in [0.2, 0.25) is 0 Å². The summed E-state index contributed by atoms with van der Waals surface area (Å²) in [6, 6.07) is 0.458. The largest absolute Gasteiger partial charge is 0.298 e. The zero-order valence-electron chi connectivity index (χ0n) is 6.46. The van der Waals surface area contributed by atoms with E-state index in [0.29, 0.717) is 6.04 Å². The highest BCUT2D eigenvalue weighted by Gasteiger charge is 2.24. The maximum absolute atomic E-state index is 4.33.